The van der Waals surface area contributed by atoms with Gasteiger partial charge in [0.1, 0.15) is 0 Å². The van der Waals surface area contributed by atoms with Gasteiger partial charge < -0.3 is 14.6 Å². The summed E-state index contributed by atoms with van der Waals surface area (Å²) in [5, 5.41) is 9.24. The highest BCUT2D eigenvalue weighted by Gasteiger charge is 2.19. The van der Waals surface area contributed by atoms with Crippen LogP contribution in [0.5, 0.6) is 11.5 Å². The Morgan fingerprint density at radius 1 is 0.935 bits per heavy atom. The first-order valence-corrected chi connectivity index (χ1v) is 10.4. The van der Waals surface area contributed by atoms with E-state index in [-0.39, 0.29) is 11.7 Å². The van der Waals surface area contributed by atoms with Gasteiger partial charge in [-0.05, 0) is 90.4 Å². The van der Waals surface area contributed by atoms with Crippen molar-refractivity contribution in [1.29, 1.82) is 0 Å². The number of hydrogen-bond acceptors (Lipinski definition) is 4. The Kier molecular flexibility index (Phi) is 6.32. The lowest BCUT2D eigenvalue weighted by molar-refractivity contribution is 0.0697. The van der Waals surface area contributed by atoms with Gasteiger partial charge in [-0.2, -0.15) is 0 Å². The van der Waals surface area contributed by atoms with Crippen molar-refractivity contribution in [2.24, 2.45) is 0 Å². The first-order valence-electron chi connectivity index (χ1n) is 10.4. The molecule has 0 aliphatic heterocycles. The molecule has 0 amide bonds. The second-order valence-electron chi connectivity index (χ2n) is 7.61. The molecule has 158 valence electrons. The Hall–Kier alpha value is -3.60. The molecule has 0 radical (unpaired) electrons. The minimum atomic E-state index is -0.942. The molecule has 4 rings (SSSR count). The molecule has 3 aromatic rings. The van der Waals surface area contributed by atoms with Gasteiger partial charge in [0, 0.05) is 12.4 Å². The molecule has 0 saturated heterocycles. The summed E-state index contributed by atoms with van der Waals surface area (Å²) in [7, 11) is 1.65. The zero-order valence-corrected chi connectivity index (χ0v) is 17.5. The second kappa shape index (κ2) is 9.47. The molecule has 1 heterocycles. The van der Waals surface area contributed by atoms with Gasteiger partial charge in [0.25, 0.3) is 0 Å². The highest BCUT2D eigenvalue weighted by atomic mass is 16.5. The molecule has 1 aliphatic carbocycles. The summed E-state index contributed by atoms with van der Waals surface area (Å²) in [6, 6.07) is 16.7. The molecule has 1 aromatic heterocycles. The molecule has 31 heavy (non-hydrogen) atoms. The zero-order valence-electron chi connectivity index (χ0n) is 17.5. The van der Waals surface area contributed by atoms with Crippen molar-refractivity contribution < 1.29 is 19.4 Å². The third-order valence-corrected chi connectivity index (χ3v) is 5.53. The maximum absolute atomic E-state index is 11.3. The average Bonchev–Trinajstić information content (AvgIpc) is 3.31. The van der Waals surface area contributed by atoms with Crippen molar-refractivity contribution in [2.45, 2.75) is 31.8 Å². The molecule has 1 N–H and O–H groups in total. The van der Waals surface area contributed by atoms with Crippen LogP contribution in [0.25, 0.3) is 11.6 Å². The van der Waals surface area contributed by atoms with Crippen molar-refractivity contribution in [2.75, 3.05) is 7.11 Å². The van der Waals surface area contributed by atoms with Crippen LogP contribution < -0.4 is 9.47 Å². The van der Waals surface area contributed by atoms with Gasteiger partial charge in [0.2, 0.25) is 0 Å². The van der Waals surface area contributed by atoms with Gasteiger partial charge >= 0.3 is 5.97 Å². The fraction of sp³-hybridized carbons (Fsp3) is 0.231. The molecule has 0 spiro atoms. The van der Waals surface area contributed by atoms with E-state index in [9.17, 15) is 9.90 Å². The van der Waals surface area contributed by atoms with Crippen LogP contribution in [0.3, 0.4) is 0 Å². The number of pyridine rings is 1. The minimum Gasteiger partial charge on any atom is -0.493 e. The van der Waals surface area contributed by atoms with E-state index in [1.165, 1.54) is 12.8 Å². The van der Waals surface area contributed by atoms with Crippen LogP contribution in [0.4, 0.5) is 0 Å². The second-order valence-corrected chi connectivity index (χ2v) is 7.61. The quantitative estimate of drug-likeness (QED) is 0.536. The zero-order chi connectivity index (χ0) is 21.6. The highest BCUT2D eigenvalue weighted by molar-refractivity contribution is 5.93. The third kappa shape index (κ3) is 4.94. The molecular weight excluding hydrogens is 390 g/mol. The van der Waals surface area contributed by atoms with Crippen molar-refractivity contribution in [3.05, 3.63) is 89.2 Å². The van der Waals surface area contributed by atoms with Crippen LogP contribution in [0.2, 0.25) is 0 Å². The number of ether oxygens (including phenoxy) is 2. The number of methoxy groups -OCH3 is 1. The predicted octanol–water partition coefficient (Wildman–Crippen LogP) is 5.70. The first kappa shape index (κ1) is 20.7. The van der Waals surface area contributed by atoms with Crippen LogP contribution in [-0.2, 0) is 0 Å². The van der Waals surface area contributed by atoms with E-state index in [0.717, 1.165) is 40.9 Å². The summed E-state index contributed by atoms with van der Waals surface area (Å²) in [5.41, 5.74) is 4.10. The van der Waals surface area contributed by atoms with E-state index >= 15 is 0 Å². The topological polar surface area (TPSA) is 68.7 Å². The average molecular weight is 415 g/mol. The van der Waals surface area contributed by atoms with Gasteiger partial charge in [-0.3, -0.25) is 4.98 Å². The van der Waals surface area contributed by atoms with Crippen LogP contribution >= 0.6 is 0 Å². The SMILES string of the molecule is COc1ccc(/C(=C/c2ccncc2)c2ccc(C(=O)O)cc2)cc1OC1CCCC1. The first-order chi connectivity index (χ1) is 15.1. The normalized spacial score (nSPS) is 14.4. The number of carboxylic acid groups (broad SMARTS) is 1. The molecule has 1 aliphatic rings. The van der Waals surface area contributed by atoms with E-state index in [0.29, 0.717) is 5.75 Å². The van der Waals surface area contributed by atoms with Gasteiger partial charge in [0.05, 0.1) is 18.8 Å². The largest absolute Gasteiger partial charge is 0.493 e. The summed E-state index contributed by atoms with van der Waals surface area (Å²) in [6.45, 7) is 0. The van der Waals surface area contributed by atoms with E-state index in [4.69, 9.17) is 9.47 Å². The summed E-state index contributed by atoms with van der Waals surface area (Å²) in [6.07, 6.45) is 10.3. The molecule has 1 saturated carbocycles. The fourth-order valence-electron chi connectivity index (χ4n) is 3.87. The van der Waals surface area contributed by atoms with E-state index in [2.05, 4.69) is 11.1 Å². The van der Waals surface area contributed by atoms with Crippen molar-refractivity contribution in [3.63, 3.8) is 0 Å². The molecule has 0 atom stereocenters. The fourth-order valence-corrected chi connectivity index (χ4v) is 3.87. The number of aromatic nitrogens is 1. The summed E-state index contributed by atoms with van der Waals surface area (Å²) in [4.78, 5) is 15.4. The van der Waals surface area contributed by atoms with Crippen LogP contribution in [0, 0.1) is 0 Å². The third-order valence-electron chi connectivity index (χ3n) is 5.53. The van der Waals surface area contributed by atoms with Gasteiger partial charge in [-0.25, -0.2) is 4.79 Å². The number of aromatic carboxylic acids is 1. The monoisotopic (exact) mass is 415 g/mol. The molecule has 0 bridgehead atoms. The lowest BCUT2D eigenvalue weighted by Crippen LogP contribution is -2.11. The smallest absolute Gasteiger partial charge is 0.335 e. The summed E-state index contributed by atoms with van der Waals surface area (Å²) in [5.74, 6) is 0.498. The van der Waals surface area contributed by atoms with E-state index in [1.54, 1.807) is 31.6 Å². The van der Waals surface area contributed by atoms with Crippen LogP contribution in [0.15, 0.2) is 67.0 Å². The van der Waals surface area contributed by atoms with E-state index in [1.807, 2.05) is 42.5 Å². The summed E-state index contributed by atoms with van der Waals surface area (Å²) >= 11 is 0. The van der Waals surface area contributed by atoms with Crippen molar-refractivity contribution in [3.8, 4) is 11.5 Å². The van der Waals surface area contributed by atoms with Crippen LogP contribution in [0.1, 0.15) is 52.7 Å². The minimum absolute atomic E-state index is 0.214. The molecule has 2 aromatic carbocycles. The van der Waals surface area contributed by atoms with Gasteiger partial charge in [0.15, 0.2) is 11.5 Å². The maximum atomic E-state index is 11.3. The predicted molar refractivity (Wildman–Crippen MR) is 120 cm³/mol. The standard InChI is InChI=1S/C26H25NO4/c1-30-24-11-10-21(17-25(24)31-22-4-2-3-5-22)23(16-18-12-14-27-15-13-18)19-6-8-20(9-7-19)26(28)29/h6-17,22H,2-5H2,1H3,(H,28,29)/b23-16+. The lowest BCUT2D eigenvalue weighted by Gasteiger charge is -2.18. The van der Waals surface area contributed by atoms with Gasteiger partial charge in [-0.1, -0.05) is 18.2 Å². The Balaban J connectivity index is 1.77. The number of carboxylic acids is 1. The summed E-state index contributed by atoms with van der Waals surface area (Å²) < 4.78 is 11.8. The van der Waals surface area contributed by atoms with Crippen molar-refractivity contribution >= 4 is 17.6 Å². The van der Waals surface area contributed by atoms with Crippen LogP contribution in [-0.4, -0.2) is 29.3 Å². The number of carbonyl (C=O) groups is 1. The number of benzene rings is 2. The van der Waals surface area contributed by atoms with Crippen molar-refractivity contribution in [1.82, 2.24) is 4.98 Å². The number of nitrogens with zero attached hydrogens (tertiary/aromatic N) is 1. The number of hydrogen-bond donors (Lipinski definition) is 1. The molecule has 1 fully saturated rings. The lowest BCUT2D eigenvalue weighted by atomic mass is 9.94. The van der Waals surface area contributed by atoms with Gasteiger partial charge in [-0.15, -0.1) is 0 Å². The molecule has 5 nitrogen and oxygen atoms in total. The Morgan fingerprint density at radius 3 is 2.23 bits per heavy atom. The Labute approximate surface area is 182 Å². The van der Waals surface area contributed by atoms with E-state index < -0.39 is 5.97 Å². The number of rotatable bonds is 7. The Bertz CT molecular complexity index is 1070. The highest BCUT2D eigenvalue weighted by Crippen LogP contribution is 2.36. The molecular formula is C26H25NO4. The molecule has 0 unspecified atom stereocenters. The maximum Gasteiger partial charge on any atom is 0.335 e. The molecule has 5 heteroatoms. The Morgan fingerprint density at radius 2 is 1.58 bits per heavy atom.